The van der Waals surface area contributed by atoms with E-state index < -0.39 is 41.4 Å². The average Bonchev–Trinajstić information content (AvgIpc) is 2.35. The van der Waals surface area contributed by atoms with E-state index in [0.29, 0.717) is 0 Å². The van der Waals surface area contributed by atoms with Crippen LogP contribution in [0.4, 0.5) is 26.3 Å². The van der Waals surface area contributed by atoms with Gasteiger partial charge in [-0.1, -0.05) is 0 Å². The second kappa shape index (κ2) is 6.28. The van der Waals surface area contributed by atoms with Gasteiger partial charge in [-0.15, -0.1) is 13.2 Å². The van der Waals surface area contributed by atoms with Gasteiger partial charge in [0.1, 0.15) is 5.69 Å². The number of aromatic nitrogens is 1. The maximum absolute atomic E-state index is 12.7. The number of halogens is 6. The Bertz CT molecular complexity index is 555. The molecule has 5 nitrogen and oxygen atoms in total. The summed E-state index contributed by atoms with van der Waals surface area (Å²) in [5.74, 6) is -3.77. The van der Waals surface area contributed by atoms with Gasteiger partial charge in [0.2, 0.25) is 5.75 Å². The van der Waals surface area contributed by atoms with Gasteiger partial charge in [0.25, 0.3) is 0 Å². The largest absolute Gasteiger partial charge is 0.573 e. The molecule has 0 saturated carbocycles. The van der Waals surface area contributed by atoms with Crippen LogP contribution >= 0.6 is 0 Å². The number of carbonyl (C=O) groups excluding carboxylic acids is 1. The highest BCUT2D eigenvalue weighted by Crippen LogP contribution is 2.39. The van der Waals surface area contributed by atoms with E-state index in [4.69, 9.17) is 0 Å². The summed E-state index contributed by atoms with van der Waals surface area (Å²) in [4.78, 5) is 14.4. The second-order valence-corrected chi connectivity index (χ2v) is 3.65. The molecular weight excluding hydrogens is 324 g/mol. The van der Waals surface area contributed by atoms with Crippen molar-refractivity contribution in [2.24, 2.45) is 0 Å². The topological polar surface area (TPSA) is 57.7 Å². The van der Waals surface area contributed by atoms with Crippen molar-refractivity contribution in [2.45, 2.75) is 19.5 Å². The van der Waals surface area contributed by atoms with E-state index in [1.54, 1.807) is 0 Å². The predicted molar refractivity (Wildman–Crippen MR) is 58.4 cm³/mol. The van der Waals surface area contributed by atoms with Crippen LogP contribution in [0.5, 0.6) is 11.5 Å². The molecule has 0 radical (unpaired) electrons. The average molecular weight is 333 g/mol. The molecule has 0 atom stereocenters. The van der Waals surface area contributed by atoms with Gasteiger partial charge in [-0.25, -0.2) is 9.78 Å². The number of methoxy groups -OCH3 is 1. The molecule has 1 aromatic heterocycles. The van der Waals surface area contributed by atoms with E-state index in [-0.39, 0.29) is 12.7 Å². The first-order valence-electron chi connectivity index (χ1n) is 5.58. The third-order valence-corrected chi connectivity index (χ3v) is 2.14. The Morgan fingerprint density at radius 3 is 2.23 bits per heavy atom. The summed E-state index contributed by atoms with van der Waals surface area (Å²) in [6, 6.07) is 0.184. The van der Waals surface area contributed by atoms with Gasteiger partial charge >= 0.3 is 18.5 Å². The summed E-state index contributed by atoms with van der Waals surface area (Å²) in [5, 5.41) is 0. The number of esters is 1. The van der Waals surface area contributed by atoms with Crippen LogP contribution in [0.1, 0.15) is 23.1 Å². The highest BCUT2D eigenvalue weighted by molar-refractivity contribution is 5.91. The van der Waals surface area contributed by atoms with Gasteiger partial charge in [0.05, 0.1) is 13.7 Å². The first-order valence-corrected chi connectivity index (χ1v) is 5.58. The van der Waals surface area contributed by atoms with Crippen molar-refractivity contribution in [3.05, 3.63) is 17.5 Å². The predicted octanol–water partition coefficient (Wildman–Crippen LogP) is 3.18. The van der Waals surface area contributed by atoms with Gasteiger partial charge in [0.15, 0.2) is 11.4 Å². The van der Waals surface area contributed by atoms with E-state index in [9.17, 15) is 31.1 Å². The number of rotatable bonds is 4. The number of alkyl halides is 6. The highest BCUT2D eigenvalue weighted by atomic mass is 19.4. The second-order valence-electron chi connectivity index (χ2n) is 3.65. The van der Waals surface area contributed by atoms with Gasteiger partial charge in [-0.2, -0.15) is 13.2 Å². The van der Waals surface area contributed by atoms with Crippen LogP contribution in [-0.4, -0.2) is 31.0 Å². The van der Waals surface area contributed by atoms with E-state index in [1.165, 1.54) is 6.92 Å². The fraction of sp³-hybridized carbons (Fsp3) is 0.455. The lowest BCUT2D eigenvalue weighted by molar-refractivity contribution is -0.275. The zero-order valence-electron chi connectivity index (χ0n) is 11.1. The minimum atomic E-state index is -5.27. The summed E-state index contributed by atoms with van der Waals surface area (Å²) < 4.78 is 87.4. The molecule has 0 bridgehead atoms. The Morgan fingerprint density at radius 2 is 1.82 bits per heavy atom. The van der Waals surface area contributed by atoms with Crippen molar-refractivity contribution in [2.75, 3.05) is 13.7 Å². The number of nitrogens with zero attached hydrogens (tertiary/aromatic N) is 1. The fourth-order valence-corrected chi connectivity index (χ4v) is 1.36. The first-order chi connectivity index (χ1) is 9.99. The lowest BCUT2D eigenvalue weighted by Gasteiger charge is -2.17. The molecule has 0 saturated heterocycles. The van der Waals surface area contributed by atoms with Crippen LogP contribution in [-0.2, 0) is 10.9 Å². The van der Waals surface area contributed by atoms with Crippen molar-refractivity contribution in [3.8, 4) is 11.5 Å². The summed E-state index contributed by atoms with van der Waals surface area (Å²) in [6.07, 6.45) is -10.3. The van der Waals surface area contributed by atoms with Gasteiger partial charge in [0, 0.05) is 6.07 Å². The molecule has 11 heteroatoms. The third kappa shape index (κ3) is 4.40. The maximum atomic E-state index is 12.7. The lowest BCUT2D eigenvalue weighted by atomic mass is 10.2. The van der Waals surface area contributed by atoms with Crippen molar-refractivity contribution >= 4 is 5.97 Å². The quantitative estimate of drug-likeness (QED) is 0.626. The molecule has 0 aliphatic carbocycles. The normalized spacial score (nSPS) is 12.0. The Morgan fingerprint density at radius 1 is 1.23 bits per heavy atom. The fourth-order valence-electron chi connectivity index (χ4n) is 1.36. The molecule has 0 N–H and O–H groups in total. The van der Waals surface area contributed by atoms with Crippen molar-refractivity contribution in [1.29, 1.82) is 0 Å². The highest BCUT2D eigenvalue weighted by Gasteiger charge is 2.40. The van der Waals surface area contributed by atoms with E-state index in [1.807, 2.05) is 0 Å². The van der Waals surface area contributed by atoms with Crippen molar-refractivity contribution in [3.63, 3.8) is 0 Å². The third-order valence-electron chi connectivity index (χ3n) is 2.14. The maximum Gasteiger partial charge on any atom is 0.573 e. The molecule has 22 heavy (non-hydrogen) atoms. The minimum Gasteiger partial charge on any atom is -0.493 e. The molecule has 1 heterocycles. The molecule has 0 spiro atoms. The number of pyridine rings is 1. The molecule has 0 unspecified atom stereocenters. The van der Waals surface area contributed by atoms with Crippen LogP contribution in [0, 0.1) is 0 Å². The zero-order chi connectivity index (χ0) is 17.1. The van der Waals surface area contributed by atoms with Crippen LogP contribution < -0.4 is 9.47 Å². The van der Waals surface area contributed by atoms with Crippen LogP contribution in [0.25, 0.3) is 0 Å². The standard InChI is InChI=1S/C11H9F6NO4/c1-3-21-9(19)7-8(22-11(15,16)17)5(20-2)4-6(18-7)10(12,13)14/h4H,3H2,1-2H3. The minimum absolute atomic E-state index is 0.184. The van der Waals surface area contributed by atoms with Gasteiger partial charge in [-0.05, 0) is 6.92 Å². The van der Waals surface area contributed by atoms with E-state index in [0.717, 1.165) is 7.11 Å². The molecule has 0 aliphatic heterocycles. The summed E-state index contributed by atoms with van der Waals surface area (Å²) >= 11 is 0. The van der Waals surface area contributed by atoms with E-state index in [2.05, 4.69) is 19.2 Å². The van der Waals surface area contributed by atoms with Crippen molar-refractivity contribution in [1.82, 2.24) is 4.98 Å². The number of hydrogen-bond donors (Lipinski definition) is 0. The number of ether oxygens (including phenoxy) is 3. The van der Waals surface area contributed by atoms with Gasteiger partial charge < -0.3 is 14.2 Å². The number of hydrogen-bond acceptors (Lipinski definition) is 5. The van der Waals surface area contributed by atoms with Crippen LogP contribution in [0.15, 0.2) is 6.07 Å². The first kappa shape index (κ1) is 17.9. The molecule has 0 amide bonds. The lowest BCUT2D eigenvalue weighted by Crippen LogP contribution is -2.22. The Kier molecular flexibility index (Phi) is 5.09. The molecule has 0 fully saturated rings. The monoisotopic (exact) mass is 333 g/mol. The van der Waals surface area contributed by atoms with E-state index >= 15 is 0 Å². The smallest absolute Gasteiger partial charge is 0.493 e. The molecule has 124 valence electrons. The molecule has 0 aromatic carbocycles. The zero-order valence-corrected chi connectivity index (χ0v) is 11.1. The molecule has 0 aliphatic rings. The van der Waals surface area contributed by atoms with Crippen LogP contribution in [0.3, 0.4) is 0 Å². The van der Waals surface area contributed by atoms with Crippen LogP contribution in [0.2, 0.25) is 0 Å². The summed E-state index contributed by atoms with van der Waals surface area (Å²) in [5.41, 5.74) is -2.91. The Balaban J connectivity index is 3.54. The van der Waals surface area contributed by atoms with Crippen molar-refractivity contribution < 1.29 is 45.3 Å². The molecule has 1 aromatic rings. The Labute approximate surface area is 119 Å². The summed E-state index contributed by atoms with van der Waals surface area (Å²) in [6.45, 7) is 1.03. The SMILES string of the molecule is CCOC(=O)c1nc(C(F)(F)F)cc(OC)c1OC(F)(F)F. The Hall–Kier alpha value is -2.20. The summed E-state index contributed by atoms with van der Waals surface area (Å²) in [7, 11) is 0.813. The molecular formula is C11H9F6NO4. The number of carbonyl (C=O) groups is 1. The van der Waals surface area contributed by atoms with Gasteiger partial charge in [-0.3, -0.25) is 0 Å². The molecule has 1 rings (SSSR count).